The van der Waals surface area contributed by atoms with Crippen LogP contribution in [0.25, 0.3) is 11.1 Å². The van der Waals surface area contributed by atoms with Gasteiger partial charge in [-0.3, -0.25) is 0 Å². The lowest BCUT2D eigenvalue weighted by molar-refractivity contribution is 0.224. The highest BCUT2D eigenvalue weighted by molar-refractivity contribution is 5.65. The molecule has 0 aliphatic heterocycles. The van der Waals surface area contributed by atoms with Crippen molar-refractivity contribution < 1.29 is 8.78 Å². The average Bonchev–Trinajstić information content (AvgIpc) is 2.53. The van der Waals surface area contributed by atoms with E-state index in [0.29, 0.717) is 22.5 Å². The summed E-state index contributed by atoms with van der Waals surface area (Å²) in [4.78, 5) is 0. The second kappa shape index (κ2) is 6.07. The summed E-state index contributed by atoms with van der Waals surface area (Å²) in [6, 6.07) is 11.3. The van der Waals surface area contributed by atoms with Gasteiger partial charge >= 0.3 is 0 Å². The van der Waals surface area contributed by atoms with Gasteiger partial charge in [-0.05, 0) is 60.6 Å². The molecule has 2 aromatic rings. The Hall–Kier alpha value is -1.70. The molecular formula is C21H24F2. The van der Waals surface area contributed by atoms with Gasteiger partial charge in [0.15, 0.2) is 11.6 Å². The van der Waals surface area contributed by atoms with Crippen molar-refractivity contribution in [3.05, 3.63) is 59.2 Å². The molecule has 1 fully saturated rings. The zero-order valence-corrected chi connectivity index (χ0v) is 14.1. The maximum Gasteiger partial charge on any atom is 0.166 e. The van der Waals surface area contributed by atoms with E-state index < -0.39 is 11.6 Å². The minimum absolute atomic E-state index is 0.337. The van der Waals surface area contributed by atoms with Crippen molar-refractivity contribution in [2.24, 2.45) is 5.41 Å². The first-order chi connectivity index (χ1) is 10.9. The Balaban J connectivity index is 1.82. The van der Waals surface area contributed by atoms with Crippen LogP contribution in [0, 0.1) is 24.0 Å². The molecule has 122 valence electrons. The summed E-state index contributed by atoms with van der Waals surface area (Å²) in [7, 11) is 0. The topological polar surface area (TPSA) is 0 Å². The Bertz CT molecular complexity index is 689. The molecule has 3 rings (SSSR count). The smallest absolute Gasteiger partial charge is 0.166 e. The molecule has 0 atom stereocenters. The van der Waals surface area contributed by atoms with Gasteiger partial charge in [-0.25, -0.2) is 8.78 Å². The standard InChI is InChI=1S/C21H24F2/c1-14-4-9-18(20(23)19(14)22)17-7-5-15(6-8-17)16-10-12-21(2,3)13-11-16/h4-9,16H,10-13H2,1-3H3. The van der Waals surface area contributed by atoms with Gasteiger partial charge in [0.05, 0.1) is 0 Å². The van der Waals surface area contributed by atoms with Gasteiger partial charge in [0.25, 0.3) is 0 Å². The highest BCUT2D eigenvalue weighted by Gasteiger charge is 2.27. The fourth-order valence-corrected chi connectivity index (χ4v) is 3.54. The minimum atomic E-state index is -0.753. The average molecular weight is 314 g/mol. The summed E-state index contributed by atoms with van der Waals surface area (Å²) < 4.78 is 27.9. The van der Waals surface area contributed by atoms with Crippen molar-refractivity contribution in [1.82, 2.24) is 0 Å². The van der Waals surface area contributed by atoms with Crippen LogP contribution in [0.3, 0.4) is 0 Å². The molecule has 2 aromatic carbocycles. The van der Waals surface area contributed by atoms with Crippen molar-refractivity contribution in [2.75, 3.05) is 0 Å². The number of halogens is 2. The SMILES string of the molecule is Cc1ccc(-c2ccc(C3CCC(C)(C)CC3)cc2)c(F)c1F. The van der Waals surface area contributed by atoms with Crippen LogP contribution in [0.1, 0.15) is 56.6 Å². The molecule has 1 aliphatic rings. The van der Waals surface area contributed by atoms with Crippen molar-refractivity contribution >= 4 is 0 Å². The third-order valence-corrected chi connectivity index (χ3v) is 5.31. The molecule has 1 aliphatic carbocycles. The summed E-state index contributed by atoms with van der Waals surface area (Å²) in [6.07, 6.45) is 4.91. The number of hydrogen-bond acceptors (Lipinski definition) is 0. The second-order valence-corrected chi connectivity index (χ2v) is 7.62. The van der Waals surface area contributed by atoms with Gasteiger partial charge < -0.3 is 0 Å². The Kier molecular flexibility index (Phi) is 4.27. The third kappa shape index (κ3) is 3.31. The zero-order valence-electron chi connectivity index (χ0n) is 14.1. The lowest BCUT2D eigenvalue weighted by Gasteiger charge is -2.34. The van der Waals surface area contributed by atoms with E-state index in [9.17, 15) is 8.78 Å². The van der Waals surface area contributed by atoms with E-state index in [1.165, 1.54) is 31.2 Å². The lowest BCUT2D eigenvalue weighted by Crippen LogP contribution is -2.20. The maximum absolute atomic E-state index is 14.1. The van der Waals surface area contributed by atoms with E-state index in [0.717, 1.165) is 5.56 Å². The predicted molar refractivity (Wildman–Crippen MR) is 91.5 cm³/mol. The summed E-state index contributed by atoms with van der Waals surface area (Å²) in [5, 5.41) is 0. The van der Waals surface area contributed by atoms with Crippen LogP contribution in [-0.2, 0) is 0 Å². The number of rotatable bonds is 2. The Morgan fingerprint density at radius 2 is 1.48 bits per heavy atom. The van der Waals surface area contributed by atoms with Gasteiger partial charge in [0, 0.05) is 5.56 Å². The molecule has 23 heavy (non-hydrogen) atoms. The minimum Gasteiger partial charge on any atom is -0.203 e. The maximum atomic E-state index is 14.1. The Labute approximate surface area is 137 Å². The molecular weight excluding hydrogens is 290 g/mol. The van der Waals surface area contributed by atoms with Crippen LogP contribution >= 0.6 is 0 Å². The first kappa shape index (κ1) is 16.2. The Morgan fingerprint density at radius 1 is 0.870 bits per heavy atom. The van der Waals surface area contributed by atoms with Gasteiger partial charge in [-0.1, -0.05) is 50.2 Å². The van der Waals surface area contributed by atoms with Gasteiger partial charge in [0.1, 0.15) is 0 Å². The number of aryl methyl sites for hydroxylation is 1. The molecule has 0 aromatic heterocycles. The highest BCUT2D eigenvalue weighted by atomic mass is 19.2. The summed E-state index contributed by atoms with van der Waals surface area (Å²) >= 11 is 0. The summed E-state index contributed by atoms with van der Waals surface area (Å²) in [5.74, 6) is -0.907. The van der Waals surface area contributed by atoms with Crippen LogP contribution in [-0.4, -0.2) is 0 Å². The number of hydrogen-bond donors (Lipinski definition) is 0. The van der Waals surface area contributed by atoms with Crippen LogP contribution in [0.2, 0.25) is 0 Å². The van der Waals surface area contributed by atoms with Crippen molar-refractivity contribution in [1.29, 1.82) is 0 Å². The monoisotopic (exact) mass is 314 g/mol. The zero-order chi connectivity index (χ0) is 16.6. The first-order valence-corrected chi connectivity index (χ1v) is 8.42. The van der Waals surface area contributed by atoms with E-state index in [4.69, 9.17) is 0 Å². The molecule has 0 heterocycles. The van der Waals surface area contributed by atoms with Crippen LogP contribution < -0.4 is 0 Å². The van der Waals surface area contributed by atoms with E-state index in [2.05, 4.69) is 26.0 Å². The molecule has 1 saturated carbocycles. The molecule has 0 radical (unpaired) electrons. The molecule has 0 saturated heterocycles. The van der Waals surface area contributed by atoms with E-state index >= 15 is 0 Å². The van der Waals surface area contributed by atoms with Crippen molar-refractivity contribution in [3.8, 4) is 11.1 Å². The molecule has 2 heteroatoms. The molecule has 0 nitrogen and oxygen atoms in total. The fourth-order valence-electron chi connectivity index (χ4n) is 3.54. The quantitative estimate of drug-likeness (QED) is 0.584. The normalized spacial score (nSPS) is 18.1. The van der Waals surface area contributed by atoms with Crippen molar-refractivity contribution in [2.45, 2.75) is 52.4 Å². The molecule has 0 spiro atoms. The summed E-state index contributed by atoms with van der Waals surface area (Å²) in [5.41, 5.74) is 3.19. The predicted octanol–water partition coefficient (Wildman–Crippen LogP) is 6.62. The van der Waals surface area contributed by atoms with Gasteiger partial charge in [0.2, 0.25) is 0 Å². The van der Waals surface area contributed by atoms with Crippen molar-refractivity contribution in [3.63, 3.8) is 0 Å². The second-order valence-electron chi connectivity index (χ2n) is 7.62. The van der Waals surface area contributed by atoms with Crippen LogP contribution in [0.15, 0.2) is 36.4 Å². The molecule has 0 bridgehead atoms. The first-order valence-electron chi connectivity index (χ1n) is 8.42. The molecule has 0 N–H and O–H groups in total. The largest absolute Gasteiger partial charge is 0.203 e. The highest BCUT2D eigenvalue weighted by Crippen LogP contribution is 2.42. The Morgan fingerprint density at radius 3 is 2.09 bits per heavy atom. The third-order valence-electron chi connectivity index (χ3n) is 5.31. The fraction of sp³-hybridized carbons (Fsp3) is 0.429. The van der Waals surface area contributed by atoms with E-state index in [1.807, 2.05) is 12.1 Å². The van der Waals surface area contributed by atoms with Gasteiger partial charge in [-0.15, -0.1) is 0 Å². The van der Waals surface area contributed by atoms with Crippen LogP contribution in [0.4, 0.5) is 8.78 Å². The van der Waals surface area contributed by atoms with Crippen LogP contribution in [0.5, 0.6) is 0 Å². The summed E-state index contributed by atoms with van der Waals surface area (Å²) in [6.45, 7) is 6.25. The van der Waals surface area contributed by atoms with E-state index in [-0.39, 0.29) is 0 Å². The molecule has 0 unspecified atom stereocenters. The van der Waals surface area contributed by atoms with E-state index in [1.54, 1.807) is 19.1 Å². The van der Waals surface area contributed by atoms with Gasteiger partial charge in [-0.2, -0.15) is 0 Å². The molecule has 0 amide bonds. The number of benzene rings is 2. The lowest BCUT2D eigenvalue weighted by atomic mass is 9.71.